The van der Waals surface area contributed by atoms with Crippen LogP contribution in [0, 0.1) is 23.2 Å². The van der Waals surface area contributed by atoms with Gasteiger partial charge in [0, 0.05) is 18.0 Å². The zero-order valence-electron chi connectivity index (χ0n) is 18.2. The summed E-state index contributed by atoms with van der Waals surface area (Å²) in [5.41, 5.74) is -1.79. The van der Waals surface area contributed by atoms with Gasteiger partial charge in [-0.15, -0.1) is 0 Å². The van der Waals surface area contributed by atoms with Gasteiger partial charge in [-0.25, -0.2) is 13.1 Å². The van der Waals surface area contributed by atoms with Gasteiger partial charge in [0.1, 0.15) is 12.3 Å². The lowest BCUT2D eigenvalue weighted by Gasteiger charge is -2.45. The number of fused-ring (bicyclic) bond motifs is 2. The molecule has 4 aliphatic rings. The quantitative estimate of drug-likeness (QED) is 0.598. The van der Waals surface area contributed by atoms with E-state index in [1.807, 2.05) is 6.07 Å². The van der Waals surface area contributed by atoms with Crippen molar-refractivity contribution in [1.82, 2.24) is 4.72 Å². The Hall–Kier alpha value is -1.62. The van der Waals surface area contributed by atoms with E-state index in [-0.39, 0.29) is 41.0 Å². The molecular formula is C21H20Cl2F3N3O5S. The highest BCUT2D eigenvalue weighted by Crippen LogP contribution is 2.65. The number of halogens is 5. The fraction of sp³-hybridized carbons (Fsp3) is 0.619. The fourth-order valence-corrected chi connectivity index (χ4v) is 8.09. The molecule has 4 saturated heterocycles. The number of hydrogen-bond donors (Lipinski definition) is 1. The zero-order chi connectivity index (χ0) is 25.6. The van der Waals surface area contributed by atoms with E-state index in [1.165, 1.54) is 17.0 Å². The van der Waals surface area contributed by atoms with Crippen LogP contribution in [0.1, 0.15) is 31.7 Å². The van der Waals surface area contributed by atoms with Crippen LogP contribution in [0.25, 0.3) is 0 Å². The summed E-state index contributed by atoms with van der Waals surface area (Å²) in [5.74, 6) is -2.66. The molecule has 0 saturated carbocycles. The maximum atomic E-state index is 13.7. The molecule has 4 aliphatic heterocycles. The van der Waals surface area contributed by atoms with Gasteiger partial charge in [0.15, 0.2) is 0 Å². The maximum absolute atomic E-state index is 13.7. The van der Waals surface area contributed by atoms with Gasteiger partial charge < -0.3 is 9.47 Å². The lowest BCUT2D eigenvalue weighted by Crippen LogP contribution is -2.61. The highest BCUT2D eigenvalue weighted by Gasteiger charge is 2.78. The zero-order valence-corrected chi connectivity index (χ0v) is 20.6. The number of alkyl halides is 3. The predicted molar refractivity (Wildman–Crippen MR) is 118 cm³/mol. The molecule has 1 N–H and O–H groups in total. The van der Waals surface area contributed by atoms with Crippen LogP contribution in [0.15, 0.2) is 12.1 Å². The second kappa shape index (κ2) is 7.94. The normalized spacial score (nSPS) is 35.9. The van der Waals surface area contributed by atoms with Gasteiger partial charge in [-0.1, -0.05) is 23.2 Å². The van der Waals surface area contributed by atoms with Crippen LogP contribution in [0.4, 0.5) is 18.9 Å². The first kappa shape index (κ1) is 25.0. The molecule has 0 radical (unpaired) electrons. The predicted octanol–water partition coefficient (Wildman–Crippen LogP) is 3.36. The van der Waals surface area contributed by atoms with Crippen molar-refractivity contribution in [2.45, 2.75) is 55.8 Å². The number of nitrogens with zero attached hydrogens (tertiary/aromatic N) is 2. The van der Waals surface area contributed by atoms with Gasteiger partial charge in [-0.3, -0.25) is 9.69 Å². The number of hydrogen-bond acceptors (Lipinski definition) is 6. The number of benzene rings is 1. The molecule has 4 fully saturated rings. The molecule has 5 rings (SSSR count). The second-order valence-electron chi connectivity index (χ2n) is 9.55. The maximum Gasteiger partial charge on any atom is 0.390 e. The van der Waals surface area contributed by atoms with E-state index in [0.29, 0.717) is 5.69 Å². The largest absolute Gasteiger partial charge is 0.390 e. The van der Waals surface area contributed by atoms with Crippen molar-refractivity contribution in [3.8, 4) is 6.07 Å². The van der Waals surface area contributed by atoms with E-state index in [0.717, 1.165) is 0 Å². The summed E-state index contributed by atoms with van der Waals surface area (Å²) in [6.07, 6.45) is -6.51. The van der Waals surface area contributed by atoms with E-state index in [1.54, 1.807) is 6.92 Å². The Morgan fingerprint density at radius 2 is 1.97 bits per heavy atom. The Kier molecular flexibility index (Phi) is 5.68. The van der Waals surface area contributed by atoms with Crippen molar-refractivity contribution in [3.05, 3.63) is 27.7 Å². The van der Waals surface area contributed by atoms with E-state index in [2.05, 4.69) is 4.72 Å². The lowest BCUT2D eigenvalue weighted by atomic mass is 9.64. The summed E-state index contributed by atoms with van der Waals surface area (Å²) < 4.78 is 77.7. The Morgan fingerprint density at radius 1 is 1.31 bits per heavy atom. The molecule has 1 aromatic rings. The van der Waals surface area contributed by atoms with Crippen LogP contribution in [0.5, 0.6) is 0 Å². The van der Waals surface area contributed by atoms with Crippen molar-refractivity contribution < 1.29 is 35.9 Å². The molecule has 8 nitrogen and oxygen atoms in total. The summed E-state index contributed by atoms with van der Waals surface area (Å²) >= 11 is 12.4. The van der Waals surface area contributed by atoms with Gasteiger partial charge in [-0.05, 0) is 25.5 Å². The van der Waals surface area contributed by atoms with Crippen LogP contribution < -0.4 is 9.62 Å². The molecule has 14 heteroatoms. The molecule has 1 amide bonds. The molecule has 4 heterocycles. The number of nitrogens with one attached hydrogen (secondary N) is 1. The number of carbonyl (C=O) groups excluding carboxylic acids is 1. The molecule has 0 unspecified atom stereocenters. The molecular weight excluding hydrogens is 534 g/mol. The van der Waals surface area contributed by atoms with Crippen LogP contribution in [0.2, 0.25) is 10.0 Å². The van der Waals surface area contributed by atoms with Gasteiger partial charge >= 0.3 is 6.18 Å². The van der Waals surface area contributed by atoms with E-state index in [4.69, 9.17) is 32.7 Å². The molecule has 0 aliphatic carbocycles. The first-order valence-electron chi connectivity index (χ1n) is 10.8. The summed E-state index contributed by atoms with van der Waals surface area (Å²) in [7, 11) is -4.27. The summed E-state index contributed by atoms with van der Waals surface area (Å²) in [4.78, 5) is 15.1. The SMILES string of the molecule is C[C@@]12C[C@H](NS(=O)(=O)CCC(F)(F)F)[C@]3(CCO[C@H]4[C@@H]3[C@@H]1C(=O)N4c1cc(Cl)c(C#N)c(Cl)c1)O2. The number of carbonyl (C=O) groups is 1. The standard InChI is InChI=1S/C21H20Cl2F3N3O5S/c1-19-8-14(28-35(31,32)5-3-21(24,25)26)20(34-19)2-4-33-18-16(20)15(19)17(30)29(18)10-6-12(22)11(9-27)13(23)7-10/h6-7,14-16,18,28H,2-5,8H2,1H3/t14-,15+,16-,18-,19+,20-/m0/s1. The Bertz CT molecular complexity index is 1230. The fourth-order valence-electron chi connectivity index (χ4n) is 6.19. The summed E-state index contributed by atoms with van der Waals surface area (Å²) in [6.45, 7) is 1.84. The molecule has 2 bridgehead atoms. The molecule has 6 atom stereocenters. The molecule has 35 heavy (non-hydrogen) atoms. The lowest BCUT2D eigenvalue weighted by molar-refractivity contribution is -0.143. The number of sulfonamides is 1. The van der Waals surface area contributed by atoms with Crippen LogP contribution in [-0.4, -0.2) is 56.3 Å². The van der Waals surface area contributed by atoms with Gasteiger partial charge in [0.25, 0.3) is 0 Å². The van der Waals surface area contributed by atoms with Gasteiger partial charge in [0.2, 0.25) is 15.9 Å². The third kappa shape index (κ3) is 3.83. The number of rotatable bonds is 5. The Morgan fingerprint density at radius 3 is 2.57 bits per heavy atom. The Labute approximate surface area is 209 Å². The number of anilines is 1. The van der Waals surface area contributed by atoms with Crippen molar-refractivity contribution >= 4 is 44.8 Å². The highest BCUT2D eigenvalue weighted by molar-refractivity contribution is 7.89. The molecule has 0 aromatic heterocycles. The van der Waals surface area contributed by atoms with E-state index in [9.17, 15) is 31.6 Å². The molecule has 1 aromatic carbocycles. The third-order valence-corrected chi connectivity index (χ3v) is 9.42. The third-order valence-electron chi connectivity index (χ3n) is 7.44. The van der Waals surface area contributed by atoms with Crippen LogP contribution in [-0.2, 0) is 24.3 Å². The first-order chi connectivity index (χ1) is 16.2. The topological polar surface area (TPSA) is 109 Å². The van der Waals surface area contributed by atoms with Crippen LogP contribution >= 0.6 is 23.2 Å². The highest BCUT2D eigenvalue weighted by atomic mass is 35.5. The minimum atomic E-state index is -4.61. The number of ether oxygens (including phenoxy) is 2. The van der Waals surface area contributed by atoms with E-state index < -0.39 is 63.7 Å². The van der Waals surface area contributed by atoms with Crippen molar-refractivity contribution in [3.63, 3.8) is 0 Å². The number of amides is 1. The van der Waals surface area contributed by atoms with Crippen molar-refractivity contribution in [2.75, 3.05) is 17.3 Å². The minimum absolute atomic E-state index is 0.0612. The summed E-state index contributed by atoms with van der Waals surface area (Å²) in [6, 6.07) is 3.96. The minimum Gasteiger partial charge on any atom is -0.366 e. The molecule has 190 valence electrons. The number of nitriles is 1. The second-order valence-corrected chi connectivity index (χ2v) is 12.2. The van der Waals surface area contributed by atoms with Crippen LogP contribution in [0.3, 0.4) is 0 Å². The smallest absolute Gasteiger partial charge is 0.366 e. The van der Waals surface area contributed by atoms with Gasteiger partial charge in [0.05, 0.1) is 57.6 Å². The average Bonchev–Trinajstić information content (AvgIpc) is 3.29. The average molecular weight is 554 g/mol. The molecule has 1 spiro atoms. The van der Waals surface area contributed by atoms with Crippen molar-refractivity contribution in [1.29, 1.82) is 5.26 Å². The van der Waals surface area contributed by atoms with Crippen molar-refractivity contribution in [2.24, 2.45) is 11.8 Å². The summed E-state index contributed by atoms with van der Waals surface area (Å²) in [5, 5.41) is 9.36. The van der Waals surface area contributed by atoms with E-state index >= 15 is 0 Å². The Balaban J connectivity index is 1.49. The monoisotopic (exact) mass is 553 g/mol. The first-order valence-corrected chi connectivity index (χ1v) is 13.2. The van der Waals surface area contributed by atoms with Gasteiger partial charge in [-0.2, -0.15) is 18.4 Å².